The third-order valence-electron chi connectivity index (χ3n) is 7.02. The molecule has 232 valence electrons. The van der Waals surface area contributed by atoms with Crippen LogP contribution < -0.4 is 19.1 Å². The first-order chi connectivity index (χ1) is 20.5. The normalized spacial score (nSPS) is 12.6. The van der Waals surface area contributed by atoms with Crippen LogP contribution in [0.3, 0.4) is 0 Å². The first-order valence-electron chi connectivity index (χ1n) is 14.3. The SMILES string of the molecule is CCOc1ccc(N(CC(=O)N(Cc2ccc(OC)cc2)[C@H](CC)C(=O)N[C@@H](C)CC)S(=O)(=O)c2ccc(F)cc2)cc1. The number of hydrogen-bond acceptors (Lipinski definition) is 6. The molecule has 0 saturated carbocycles. The van der Waals surface area contributed by atoms with Gasteiger partial charge in [-0.05, 0) is 92.9 Å². The molecule has 43 heavy (non-hydrogen) atoms. The van der Waals surface area contributed by atoms with E-state index in [2.05, 4.69) is 5.32 Å². The van der Waals surface area contributed by atoms with Crippen LogP contribution in [0.2, 0.25) is 0 Å². The number of halogens is 1. The Hall–Kier alpha value is -4.12. The maximum atomic E-state index is 14.1. The lowest BCUT2D eigenvalue weighted by Crippen LogP contribution is -2.53. The number of nitrogens with zero attached hydrogens (tertiary/aromatic N) is 2. The topological polar surface area (TPSA) is 105 Å². The van der Waals surface area contributed by atoms with Crippen molar-refractivity contribution in [3.8, 4) is 11.5 Å². The Kier molecular flexibility index (Phi) is 11.9. The highest BCUT2D eigenvalue weighted by Gasteiger charge is 2.34. The fourth-order valence-electron chi connectivity index (χ4n) is 4.43. The largest absolute Gasteiger partial charge is 0.497 e. The summed E-state index contributed by atoms with van der Waals surface area (Å²) in [5, 5.41) is 2.95. The van der Waals surface area contributed by atoms with Gasteiger partial charge in [-0.2, -0.15) is 0 Å². The summed E-state index contributed by atoms with van der Waals surface area (Å²) in [6.07, 6.45) is 1.01. The molecule has 0 unspecified atom stereocenters. The standard InChI is InChI=1S/C32H40FN3O6S/c1-6-23(4)34-32(38)30(7-2)35(21-24-9-15-27(41-5)16-10-24)31(37)22-36(26-13-17-28(18-14-26)42-8-3)43(39,40)29-19-11-25(33)12-20-29/h9-20,23,30H,6-8,21-22H2,1-5H3,(H,34,38)/t23-,30+/m0/s1. The van der Waals surface area contributed by atoms with Crippen molar-refractivity contribution in [2.45, 2.75) is 64.1 Å². The molecular formula is C32H40FN3O6S. The fraction of sp³-hybridized carbons (Fsp3) is 0.375. The highest BCUT2D eigenvalue weighted by molar-refractivity contribution is 7.92. The van der Waals surface area contributed by atoms with E-state index in [0.717, 1.165) is 34.1 Å². The minimum atomic E-state index is -4.32. The Labute approximate surface area is 253 Å². The van der Waals surface area contributed by atoms with Crippen molar-refractivity contribution in [2.75, 3.05) is 24.6 Å². The van der Waals surface area contributed by atoms with Crippen LogP contribution in [0, 0.1) is 5.82 Å². The van der Waals surface area contributed by atoms with E-state index in [1.54, 1.807) is 62.6 Å². The number of anilines is 1. The molecular weight excluding hydrogens is 573 g/mol. The van der Waals surface area contributed by atoms with E-state index < -0.39 is 34.3 Å². The monoisotopic (exact) mass is 613 g/mol. The lowest BCUT2D eigenvalue weighted by molar-refractivity contribution is -0.140. The zero-order valence-corrected chi connectivity index (χ0v) is 26.1. The van der Waals surface area contributed by atoms with E-state index in [1.807, 2.05) is 20.8 Å². The second-order valence-electron chi connectivity index (χ2n) is 10.0. The summed E-state index contributed by atoms with van der Waals surface area (Å²) >= 11 is 0. The third-order valence-corrected chi connectivity index (χ3v) is 8.80. The molecule has 0 heterocycles. The van der Waals surface area contributed by atoms with Crippen LogP contribution in [-0.2, 0) is 26.2 Å². The first kappa shape index (κ1) is 33.4. The van der Waals surface area contributed by atoms with E-state index in [0.29, 0.717) is 30.9 Å². The van der Waals surface area contributed by atoms with Crippen molar-refractivity contribution in [3.63, 3.8) is 0 Å². The molecule has 3 rings (SSSR count). The van der Waals surface area contributed by atoms with Gasteiger partial charge < -0.3 is 19.7 Å². The van der Waals surface area contributed by atoms with Gasteiger partial charge in [-0.25, -0.2) is 12.8 Å². The van der Waals surface area contributed by atoms with Crippen molar-refractivity contribution in [1.29, 1.82) is 0 Å². The summed E-state index contributed by atoms with van der Waals surface area (Å²) in [5.41, 5.74) is 0.945. The summed E-state index contributed by atoms with van der Waals surface area (Å²) in [4.78, 5) is 28.7. The third kappa shape index (κ3) is 8.70. The van der Waals surface area contributed by atoms with Crippen LogP contribution in [0.4, 0.5) is 10.1 Å². The van der Waals surface area contributed by atoms with Gasteiger partial charge in [0, 0.05) is 12.6 Å². The second-order valence-corrected chi connectivity index (χ2v) is 11.9. The Bertz CT molecular complexity index is 1450. The molecule has 0 aliphatic rings. The Morgan fingerprint density at radius 1 is 0.884 bits per heavy atom. The second kappa shape index (κ2) is 15.4. The number of benzene rings is 3. The molecule has 0 saturated heterocycles. The number of carbonyl (C=O) groups is 2. The summed E-state index contributed by atoms with van der Waals surface area (Å²) in [6.45, 7) is 7.34. The van der Waals surface area contributed by atoms with E-state index in [-0.39, 0.29) is 29.1 Å². The molecule has 0 aliphatic heterocycles. The Morgan fingerprint density at radius 2 is 1.49 bits per heavy atom. The van der Waals surface area contributed by atoms with Crippen LogP contribution in [0.5, 0.6) is 11.5 Å². The first-order valence-corrected chi connectivity index (χ1v) is 15.7. The van der Waals surface area contributed by atoms with Gasteiger partial charge in [-0.3, -0.25) is 13.9 Å². The van der Waals surface area contributed by atoms with Gasteiger partial charge in [-0.15, -0.1) is 0 Å². The molecule has 0 fully saturated rings. The van der Waals surface area contributed by atoms with Crippen molar-refractivity contribution in [1.82, 2.24) is 10.2 Å². The molecule has 1 N–H and O–H groups in total. The molecule has 0 spiro atoms. The molecule has 9 nitrogen and oxygen atoms in total. The number of methoxy groups -OCH3 is 1. The molecule has 0 aliphatic carbocycles. The highest BCUT2D eigenvalue weighted by atomic mass is 32.2. The smallest absolute Gasteiger partial charge is 0.264 e. The highest BCUT2D eigenvalue weighted by Crippen LogP contribution is 2.27. The van der Waals surface area contributed by atoms with E-state index >= 15 is 0 Å². The van der Waals surface area contributed by atoms with Gasteiger partial charge in [0.2, 0.25) is 11.8 Å². The zero-order valence-electron chi connectivity index (χ0n) is 25.2. The maximum Gasteiger partial charge on any atom is 0.264 e. The van der Waals surface area contributed by atoms with Crippen molar-refractivity contribution in [3.05, 3.63) is 84.2 Å². The molecule has 3 aromatic carbocycles. The molecule has 2 amide bonds. The lowest BCUT2D eigenvalue weighted by Gasteiger charge is -2.33. The van der Waals surface area contributed by atoms with E-state index in [1.165, 1.54) is 4.90 Å². The molecule has 3 aromatic rings. The van der Waals surface area contributed by atoms with Gasteiger partial charge in [0.25, 0.3) is 10.0 Å². The minimum absolute atomic E-state index is 0.0585. The fourth-order valence-corrected chi connectivity index (χ4v) is 5.84. The number of ether oxygens (including phenoxy) is 2. The van der Waals surface area contributed by atoms with Crippen molar-refractivity contribution in [2.24, 2.45) is 0 Å². The number of amides is 2. The van der Waals surface area contributed by atoms with Gasteiger partial charge in [0.05, 0.1) is 24.3 Å². The summed E-state index contributed by atoms with van der Waals surface area (Å²) in [5.74, 6) is -0.332. The number of carbonyl (C=O) groups excluding carboxylic acids is 2. The molecule has 0 radical (unpaired) electrons. The lowest BCUT2D eigenvalue weighted by atomic mass is 10.1. The summed E-state index contributed by atoms with van der Waals surface area (Å²) < 4.78 is 53.2. The van der Waals surface area contributed by atoms with Gasteiger partial charge in [0.15, 0.2) is 0 Å². The Morgan fingerprint density at radius 3 is 2.02 bits per heavy atom. The number of rotatable bonds is 15. The predicted octanol–water partition coefficient (Wildman–Crippen LogP) is 5.15. The zero-order chi connectivity index (χ0) is 31.6. The summed E-state index contributed by atoms with van der Waals surface area (Å²) in [6, 6.07) is 16.8. The quantitative estimate of drug-likeness (QED) is 0.254. The van der Waals surface area contributed by atoms with Gasteiger partial charge in [-0.1, -0.05) is 26.0 Å². The van der Waals surface area contributed by atoms with Crippen LogP contribution in [0.25, 0.3) is 0 Å². The van der Waals surface area contributed by atoms with E-state index in [9.17, 15) is 22.4 Å². The number of hydrogen-bond donors (Lipinski definition) is 1. The molecule has 2 atom stereocenters. The average Bonchev–Trinajstić information content (AvgIpc) is 3.00. The van der Waals surface area contributed by atoms with Crippen LogP contribution in [0.1, 0.15) is 46.1 Å². The minimum Gasteiger partial charge on any atom is -0.497 e. The molecule has 11 heteroatoms. The van der Waals surface area contributed by atoms with Crippen LogP contribution >= 0.6 is 0 Å². The Balaban J connectivity index is 2.06. The summed E-state index contributed by atoms with van der Waals surface area (Å²) in [7, 11) is -2.77. The average molecular weight is 614 g/mol. The maximum absolute atomic E-state index is 14.1. The number of sulfonamides is 1. The predicted molar refractivity (Wildman–Crippen MR) is 164 cm³/mol. The van der Waals surface area contributed by atoms with E-state index in [4.69, 9.17) is 9.47 Å². The van der Waals surface area contributed by atoms with Crippen LogP contribution in [0.15, 0.2) is 77.7 Å². The van der Waals surface area contributed by atoms with Gasteiger partial charge >= 0.3 is 0 Å². The van der Waals surface area contributed by atoms with Crippen molar-refractivity contribution >= 4 is 27.5 Å². The number of nitrogens with one attached hydrogen (secondary N) is 1. The van der Waals surface area contributed by atoms with Gasteiger partial charge in [0.1, 0.15) is 29.9 Å². The van der Waals surface area contributed by atoms with Crippen molar-refractivity contribution < 1.29 is 31.9 Å². The molecule has 0 aromatic heterocycles. The molecule has 0 bridgehead atoms. The van der Waals surface area contributed by atoms with Crippen LogP contribution in [-0.4, -0.2) is 57.5 Å².